The molecule has 1 aliphatic heterocycles. The van der Waals surface area contributed by atoms with E-state index in [-0.39, 0.29) is 16.6 Å². The molecule has 174 valence electrons. The number of piperidine rings is 1. The van der Waals surface area contributed by atoms with Crippen molar-refractivity contribution in [1.29, 1.82) is 0 Å². The fourth-order valence-corrected chi connectivity index (χ4v) is 4.60. The summed E-state index contributed by atoms with van der Waals surface area (Å²) < 4.78 is 45.5. The normalized spacial score (nSPS) is 17.8. The van der Waals surface area contributed by atoms with E-state index in [9.17, 15) is 18.3 Å². The summed E-state index contributed by atoms with van der Waals surface area (Å²) in [7, 11) is 0. The van der Waals surface area contributed by atoms with Crippen molar-refractivity contribution in [2.24, 2.45) is 0 Å². The Morgan fingerprint density at radius 3 is 2.44 bits per heavy atom. The average Bonchev–Trinajstić information content (AvgIpc) is 2.74. The van der Waals surface area contributed by atoms with E-state index < -0.39 is 17.3 Å². The maximum Gasteiger partial charge on any atom is 0.417 e. The van der Waals surface area contributed by atoms with Gasteiger partial charge in [0.25, 0.3) is 0 Å². The molecule has 3 nitrogen and oxygen atoms in total. The van der Waals surface area contributed by atoms with Crippen molar-refractivity contribution in [3.63, 3.8) is 0 Å². The maximum absolute atomic E-state index is 13.3. The molecule has 0 saturated carbocycles. The number of benzene rings is 2. The first kappa shape index (κ1) is 24.6. The fraction of sp³-hybridized carbons (Fsp3) is 0.440. The minimum absolute atomic E-state index is 0.0997. The van der Waals surface area contributed by atoms with Crippen LogP contribution in [0.25, 0.3) is 0 Å². The highest BCUT2D eigenvalue weighted by atomic mass is 35.5. The Morgan fingerprint density at radius 2 is 1.84 bits per heavy atom. The van der Waals surface area contributed by atoms with Crippen molar-refractivity contribution >= 4 is 11.6 Å². The van der Waals surface area contributed by atoms with Gasteiger partial charge in [-0.05, 0) is 74.1 Å². The number of aliphatic hydroxyl groups is 1. The van der Waals surface area contributed by atoms with Crippen LogP contribution in [0.4, 0.5) is 13.2 Å². The number of alkyl halides is 3. The van der Waals surface area contributed by atoms with Gasteiger partial charge in [0.05, 0.1) is 16.2 Å². The zero-order valence-electron chi connectivity index (χ0n) is 18.6. The minimum Gasteiger partial charge on any atom is -0.489 e. The molecule has 1 N–H and O–H groups in total. The van der Waals surface area contributed by atoms with Gasteiger partial charge in [0.15, 0.2) is 0 Å². The predicted molar refractivity (Wildman–Crippen MR) is 121 cm³/mol. The van der Waals surface area contributed by atoms with E-state index in [1.807, 2.05) is 13.0 Å². The van der Waals surface area contributed by atoms with Gasteiger partial charge in [-0.2, -0.15) is 13.2 Å². The molecule has 1 heterocycles. The molecule has 0 bridgehead atoms. The molecule has 1 unspecified atom stereocenters. The summed E-state index contributed by atoms with van der Waals surface area (Å²) in [6, 6.07) is 7.81. The highest BCUT2D eigenvalue weighted by molar-refractivity contribution is 6.31. The molecule has 32 heavy (non-hydrogen) atoms. The van der Waals surface area contributed by atoms with Crippen molar-refractivity contribution < 1.29 is 23.0 Å². The molecule has 0 amide bonds. The quantitative estimate of drug-likeness (QED) is 0.487. The molecule has 1 saturated heterocycles. The standard InChI is InChI=1S/C25H29ClF3NO2/c1-5-14-32-23-9-7-20(16(2)17(23)3)18(4)30-12-10-24(31,11-13-30)19-6-8-22(26)21(15-19)25(27,28)29/h5-9,15,18,31H,1,10-14H2,2-4H3. The summed E-state index contributed by atoms with van der Waals surface area (Å²) in [6.07, 6.45) is -2.17. The van der Waals surface area contributed by atoms with Crippen molar-refractivity contribution in [3.05, 3.63) is 75.8 Å². The van der Waals surface area contributed by atoms with E-state index in [4.69, 9.17) is 16.3 Å². The molecule has 2 aromatic carbocycles. The molecular formula is C25H29ClF3NO2. The lowest BCUT2D eigenvalue weighted by Crippen LogP contribution is -2.43. The van der Waals surface area contributed by atoms with Crippen LogP contribution in [0.15, 0.2) is 43.0 Å². The molecule has 0 radical (unpaired) electrons. The largest absolute Gasteiger partial charge is 0.489 e. The van der Waals surface area contributed by atoms with Gasteiger partial charge < -0.3 is 9.84 Å². The zero-order chi connectivity index (χ0) is 23.7. The van der Waals surface area contributed by atoms with E-state index in [1.54, 1.807) is 6.08 Å². The highest BCUT2D eigenvalue weighted by Crippen LogP contribution is 2.41. The van der Waals surface area contributed by atoms with Crippen LogP contribution < -0.4 is 4.74 Å². The molecular weight excluding hydrogens is 439 g/mol. The lowest BCUT2D eigenvalue weighted by atomic mass is 9.83. The fourth-order valence-electron chi connectivity index (χ4n) is 4.37. The van der Waals surface area contributed by atoms with Gasteiger partial charge in [0, 0.05) is 19.1 Å². The van der Waals surface area contributed by atoms with Crippen molar-refractivity contribution in [1.82, 2.24) is 4.90 Å². The second-order valence-electron chi connectivity index (χ2n) is 8.44. The third-order valence-electron chi connectivity index (χ3n) is 6.57. The topological polar surface area (TPSA) is 32.7 Å². The third-order valence-corrected chi connectivity index (χ3v) is 6.90. The lowest BCUT2D eigenvalue weighted by molar-refractivity contribution is -0.137. The molecule has 7 heteroatoms. The van der Waals surface area contributed by atoms with Gasteiger partial charge in [-0.3, -0.25) is 4.90 Å². The van der Waals surface area contributed by atoms with Crippen LogP contribution in [-0.4, -0.2) is 29.7 Å². The van der Waals surface area contributed by atoms with E-state index in [2.05, 4.69) is 31.4 Å². The van der Waals surface area contributed by atoms with Crippen molar-refractivity contribution in [3.8, 4) is 5.75 Å². The maximum atomic E-state index is 13.3. The number of hydrogen-bond donors (Lipinski definition) is 1. The Hall–Kier alpha value is -2.02. The van der Waals surface area contributed by atoms with Gasteiger partial charge in [0.1, 0.15) is 12.4 Å². The van der Waals surface area contributed by atoms with Crippen LogP contribution in [0.2, 0.25) is 5.02 Å². The highest BCUT2D eigenvalue weighted by Gasteiger charge is 2.39. The van der Waals surface area contributed by atoms with Crippen LogP contribution >= 0.6 is 11.6 Å². The Labute approximate surface area is 192 Å². The number of nitrogens with zero attached hydrogens (tertiary/aromatic N) is 1. The zero-order valence-corrected chi connectivity index (χ0v) is 19.4. The second-order valence-corrected chi connectivity index (χ2v) is 8.85. The molecule has 0 spiro atoms. The number of halogens is 4. The van der Waals surface area contributed by atoms with Crippen molar-refractivity contribution in [2.75, 3.05) is 19.7 Å². The smallest absolute Gasteiger partial charge is 0.417 e. The van der Waals surface area contributed by atoms with Gasteiger partial charge in [-0.25, -0.2) is 0 Å². The molecule has 1 fully saturated rings. The summed E-state index contributed by atoms with van der Waals surface area (Å²) in [5, 5.41) is 10.8. The van der Waals surface area contributed by atoms with E-state index in [0.29, 0.717) is 32.5 Å². The summed E-state index contributed by atoms with van der Waals surface area (Å²) in [5.74, 6) is 0.828. The Balaban J connectivity index is 1.76. The predicted octanol–water partition coefficient (Wildman–Crippen LogP) is 6.59. The first-order valence-corrected chi connectivity index (χ1v) is 11.0. The Morgan fingerprint density at radius 1 is 1.19 bits per heavy atom. The first-order valence-electron chi connectivity index (χ1n) is 10.7. The van der Waals surface area contributed by atoms with E-state index in [0.717, 1.165) is 22.9 Å². The molecule has 3 rings (SSSR count). The van der Waals surface area contributed by atoms with Crippen molar-refractivity contribution in [2.45, 2.75) is 51.4 Å². The van der Waals surface area contributed by atoms with Gasteiger partial charge >= 0.3 is 6.18 Å². The molecule has 1 atom stereocenters. The second kappa shape index (κ2) is 9.46. The van der Waals surface area contributed by atoms with Gasteiger partial charge in [0.2, 0.25) is 0 Å². The number of ether oxygens (including phenoxy) is 1. The third kappa shape index (κ3) is 4.98. The molecule has 2 aromatic rings. The lowest BCUT2D eigenvalue weighted by Gasteiger charge is -2.41. The minimum atomic E-state index is -4.56. The summed E-state index contributed by atoms with van der Waals surface area (Å²) in [5.41, 5.74) is 1.43. The first-order chi connectivity index (χ1) is 15.0. The van der Waals surface area contributed by atoms with Crippen LogP contribution in [0.1, 0.15) is 53.6 Å². The van der Waals surface area contributed by atoms with Crippen LogP contribution in [0, 0.1) is 13.8 Å². The molecule has 0 aromatic heterocycles. The number of rotatable bonds is 6. The number of likely N-dealkylation sites (tertiary alicyclic amines) is 1. The summed E-state index contributed by atoms with van der Waals surface area (Å²) >= 11 is 5.74. The molecule has 1 aliphatic rings. The molecule has 0 aliphatic carbocycles. The number of hydrogen-bond acceptors (Lipinski definition) is 3. The SMILES string of the molecule is C=CCOc1ccc(C(C)N2CCC(O)(c3ccc(Cl)c(C(F)(F)F)c3)CC2)c(C)c1C. The van der Waals surface area contributed by atoms with Gasteiger partial charge in [-0.1, -0.05) is 36.4 Å². The van der Waals surface area contributed by atoms with Crippen LogP contribution in [-0.2, 0) is 11.8 Å². The summed E-state index contributed by atoms with van der Waals surface area (Å²) in [4.78, 5) is 2.25. The summed E-state index contributed by atoms with van der Waals surface area (Å²) in [6.45, 7) is 11.4. The average molecular weight is 468 g/mol. The monoisotopic (exact) mass is 467 g/mol. The van der Waals surface area contributed by atoms with Crippen LogP contribution in [0.3, 0.4) is 0 Å². The van der Waals surface area contributed by atoms with E-state index >= 15 is 0 Å². The van der Waals surface area contributed by atoms with Crippen LogP contribution in [0.5, 0.6) is 5.75 Å². The van der Waals surface area contributed by atoms with E-state index in [1.165, 1.54) is 17.7 Å². The van der Waals surface area contributed by atoms with Gasteiger partial charge in [-0.15, -0.1) is 0 Å². The Bertz CT molecular complexity index is 982. The Kier molecular flexibility index (Phi) is 7.28.